The molecule has 6 heteroatoms. The van der Waals surface area contributed by atoms with Crippen molar-refractivity contribution in [1.29, 1.82) is 0 Å². The number of hydrogen-bond donors (Lipinski definition) is 2. The third kappa shape index (κ3) is 1.75. The average Bonchev–Trinajstić information content (AvgIpc) is 2.61. The van der Waals surface area contributed by atoms with Gasteiger partial charge in [0.05, 0.1) is 11.0 Å². The molecule has 78 valence electrons. The summed E-state index contributed by atoms with van der Waals surface area (Å²) in [5.74, 6) is 0.733. The van der Waals surface area contributed by atoms with Crippen molar-refractivity contribution in [2.75, 3.05) is 11.5 Å². The van der Waals surface area contributed by atoms with Gasteiger partial charge in [0.25, 0.3) is 0 Å². The molecule has 5 nitrogen and oxygen atoms in total. The first kappa shape index (κ1) is 9.51. The summed E-state index contributed by atoms with van der Waals surface area (Å²) in [6.45, 7) is 0. The van der Waals surface area contributed by atoms with Crippen LogP contribution < -0.4 is 5.73 Å². The highest BCUT2D eigenvalue weighted by molar-refractivity contribution is 7.92. The second-order valence-corrected chi connectivity index (χ2v) is 6.05. The van der Waals surface area contributed by atoms with Crippen LogP contribution in [0.5, 0.6) is 0 Å². The zero-order valence-electron chi connectivity index (χ0n) is 7.73. The number of aromatic nitrogens is 2. The number of rotatable bonds is 2. The van der Waals surface area contributed by atoms with Crippen LogP contribution in [0.25, 0.3) is 0 Å². The summed E-state index contributed by atoms with van der Waals surface area (Å²) in [6, 6.07) is 1.69. The van der Waals surface area contributed by atoms with Gasteiger partial charge < -0.3 is 5.73 Å². The predicted molar refractivity (Wildman–Crippen MR) is 53.5 cm³/mol. The molecule has 1 unspecified atom stereocenters. The van der Waals surface area contributed by atoms with Gasteiger partial charge in [0.1, 0.15) is 5.82 Å². The lowest BCUT2D eigenvalue weighted by molar-refractivity contribution is 0.587. The molecule has 14 heavy (non-hydrogen) atoms. The van der Waals surface area contributed by atoms with Crippen LogP contribution in [0.3, 0.4) is 0 Å². The van der Waals surface area contributed by atoms with Gasteiger partial charge in [-0.25, -0.2) is 8.42 Å². The van der Waals surface area contributed by atoms with Gasteiger partial charge in [0.15, 0.2) is 9.84 Å². The van der Waals surface area contributed by atoms with Gasteiger partial charge in [0.2, 0.25) is 0 Å². The molecule has 1 fully saturated rings. The van der Waals surface area contributed by atoms with Crippen molar-refractivity contribution < 1.29 is 8.42 Å². The van der Waals surface area contributed by atoms with Crippen LogP contribution in [0.4, 0.5) is 5.82 Å². The van der Waals surface area contributed by atoms with Gasteiger partial charge >= 0.3 is 0 Å². The molecule has 1 saturated heterocycles. The number of hydrogen-bond acceptors (Lipinski definition) is 4. The molecule has 0 aromatic carbocycles. The lowest BCUT2D eigenvalue weighted by atomic mass is 10.1. The second-order valence-electron chi connectivity index (χ2n) is 3.65. The normalized spacial score (nSPS) is 25.3. The van der Waals surface area contributed by atoms with Gasteiger partial charge in [-0.2, -0.15) is 5.10 Å². The van der Waals surface area contributed by atoms with E-state index in [9.17, 15) is 8.42 Å². The maximum absolute atomic E-state index is 11.5. The van der Waals surface area contributed by atoms with Gasteiger partial charge in [-0.1, -0.05) is 0 Å². The van der Waals surface area contributed by atoms with E-state index in [0.717, 1.165) is 18.5 Å². The largest absolute Gasteiger partial charge is 0.382 e. The van der Waals surface area contributed by atoms with E-state index in [1.165, 1.54) is 0 Å². The molecule has 0 spiro atoms. The summed E-state index contributed by atoms with van der Waals surface area (Å²) in [5.41, 5.74) is 6.23. The monoisotopic (exact) mass is 215 g/mol. The molecule has 0 bridgehead atoms. The molecule has 0 aliphatic carbocycles. The number of sulfone groups is 1. The third-order valence-corrected chi connectivity index (χ3v) is 4.84. The summed E-state index contributed by atoms with van der Waals surface area (Å²) in [6.07, 6.45) is 2.03. The van der Waals surface area contributed by atoms with Crippen LogP contribution in [-0.2, 0) is 16.3 Å². The first-order valence-electron chi connectivity index (χ1n) is 4.59. The van der Waals surface area contributed by atoms with Gasteiger partial charge in [0, 0.05) is 18.2 Å². The molecule has 0 amide bonds. The Hall–Kier alpha value is -1.04. The van der Waals surface area contributed by atoms with Crippen LogP contribution in [0.15, 0.2) is 6.07 Å². The fourth-order valence-corrected chi connectivity index (χ4v) is 3.68. The molecule has 1 aliphatic heterocycles. The Bertz CT molecular complexity index is 424. The van der Waals surface area contributed by atoms with E-state index in [0.29, 0.717) is 18.0 Å². The zero-order chi connectivity index (χ0) is 10.2. The number of anilines is 1. The number of nitrogens with two attached hydrogens (primary N) is 1. The van der Waals surface area contributed by atoms with Gasteiger partial charge in [-0.3, -0.25) is 5.10 Å². The lowest BCUT2D eigenvalue weighted by Gasteiger charge is -2.06. The van der Waals surface area contributed by atoms with E-state index in [-0.39, 0.29) is 5.25 Å². The van der Waals surface area contributed by atoms with Crippen molar-refractivity contribution >= 4 is 15.7 Å². The molecule has 2 rings (SSSR count). The highest BCUT2D eigenvalue weighted by Gasteiger charge is 2.31. The molecule has 1 aliphatic rings. The minimum Gasteiger partial charge on any atom is -0.382 e. The minimum atomic E-state index is -2.86. The summed E-state index contributed by atoms with van der Waals surface area (Å²) >= 11 is 0. The Kier molecular flexibility index (Phi) is 2.22. The highest BCUT2D eigenvalue weighted by atomic mass is 32.2. The van der Waals surface area contributed by atoms with Crippen molar-refractivity contribution in [3.8, 4) is 0 Å². The average molecular weight is 215 g/mol. The van der Waals surface area contributed by atoms with Crippen molar-refractivity contribution in [3.05, 3.63) is 11.8 Å². The topological polar surface area (TPSA) is 88.8 Å². The van der Waals surface area contributed by atoms with E-state index in [1.54, 1.807) is 6.07 Å². The molecule has 1 aromatic rings. The minimum absolute atomic E-state index is 0.248. The number of aromatic amines is 1. The third-order valence-electron chi connectivity index (χ3n) is 2.56. The summed E-state index contributed by atoms with van der Waals surface area (Å²) in [5, 5.41) is 6.25. The van der Waals surface area contributed by atoms with E-state index < -0.39 is 9.84 Å². The van der Waals surface area contributed by atoms with Gasteiger partial charge in [-0.15, -0.1) is 0 Å². The maximum Gasteiger partial charge on any atom is 0.153 e. The smallest absolute Gasteiger partial charge is 0.153 e. The number of nitrogens with zero attached hydrogens (tertiary/aromatic N) is 1. The Labute approximate surface area is 82.6 Å². The van der Waals surface area contributed by atoms with Crippen molar-refractivity contribution in [2.24, 2.45) is 0 Å². The number of nitrogens with one attached hydrogen (secondary N) is 1. The maximum atomic E-state index is 11.5. The predicted octanol–water partition coefficient (Wildman–Crippen LogP) is 0.112. The molecule has 1 atom stereocenters. The van der Waals surface area contributed by atoms with Crippen LogP contribution in [0.2, 0.25) is 0 Å². The van der Waals surface area contributed by atoms with Crippen LogP contribution in [0.1, 0.15) is 18.5 Å². The summed E-state index contributed by atoms with van der Waals surface area (Å²) in [4.78, 5) is 0. The molecule has 1 aromatic heterocycles. The first-order valence-corrected chi connectivity index (χ1v) is 6.31. The quantitative estimate of drug-likeness (QED) is 0.733. The standard InChI is InChI=1S/C8H13N3O2S/c9-8-5-6(10-11-8)4-7-2-1-3-14(7,12)13/h5,7H,1-4H2,(H3,9,10,11). The van der Waals surface area contributed by atoms with Crippen LogP contribution in [-0.4, -0.2) is 29.6 Å². The van der Waals surface area contributed by atoms with E-state index in [1.807, 2.05) is 0 Å². The van der Waals surface area contributed by atoms with E-state index in [2.05, 4.69) is 10.2 Å². The van der Waals surface area contributed by atoms with Crippen LogP contribution >= 0.6 is 0 Å². The second kappa shape index (κ2) is 3.27. The molecular weight excluding hydrogens is 202 g/mol. The highest BCUT2D eigenvalue weighted by Crippen LogP contribution is 2.23. The van der Waals surface area contributed by atoms with E-state index >= 15 is 0 Å². The Morgan fingerprint density at radius 2 is 2.43 bits per heavy atom. The summed E-state index contributed by atoms with van der Waals surface area (Å²) < 4.78 is 23.0. The Balaban J connectivity index is 2.12. The number of H-pyrrole nitrogens is 1. The molecule has 3 N–H and O–H groups in total. The van der Waals surface area contributed by atoms with Crippen molar-refractivity contribution in [2.45, 2.75) is 24.5 Å². The zero-order valence-corrected chi connectivity index (χ0v) is 8.55. The van der Waals surface area contributed by atoms with Gasteiger partial charge in [-0.05, 0) is 12.8 Å². The molecular formula is C8H13N3O2S. The SMILES string of the molecule is Nc1cc(CC2CCCS2(=O)=O)[nH]n1. The lowest BCUT2D eigenvalue weighted by Crippen LogP contribution is -2.18. The van der Waals surface area contributed by atoms with Crippen molar-refractivity contribution in [1.82, 2.24) is 10.2 Å². The fourth-order valence-electron chi connectivity index (χ4n) is 1.82. The van der Waals surface area contributed by atoms with Crippen LogP contribution in [0, 0.1) is 0 Å². The number of nitrogen functional groups attached to an aromatic ring is 1. The Morgan fingerprint density at radius 3 is 2.93 bits per heavy atom. The summed E-state index contributed by atoms with van der Waals surface area (Å²) in [7, 11) is -2.86. The first-order chi connectivity index (χ1) is 6.58. The molecule has 2 heterocycles. The fraction of sp³-hybridized carbons (Fsp3) is 0.625. The molecule has 0 saturated carbocycles. The van der Waals surface area contributed by atoms with E-state index in [4.69, 9.17) is 5.73 Å². The van der Waals surface area contributed by atoms with Crippen molar-refractivity contribution in [3.63, 3.8) is 0 Å². The Morgan fingerprint density at radius 1 is 1.64 bits per heavy atom. The molecule has 0 radical (unpaired) electrons.